The van der Waals surface area contributed by atoms with E-state index in [1.807, 2.05) is 38.1 Å². The minimum absolute atomic E-state index is 0.148. The molecular formula is C14H20O2. The molecule has 1 saturated carbocycles. The van der Waals surface area contributed by atoms with Crippen LogP contribution in [0.2, 0.25) is 0 Å². The molecule has 1 aliphatic carbocycles. The molecule has 1 unspecified atom stereocenters. The summed E-state index contributed by atoms with van der Waals surface area (Å²) in [5.41, 5.74) is 0.945. The van der Waals surface area contributed by atoms with Crippen molar-refractivity contribution in [2.75, 3.05) is 0 Å². The zero-order chi connectivity index (χ0) is 11.5. The average molecular weight is 220 g/mol. The third-order valence-electron chi connectivity index (χ3n) is 3.20. The van der Waals surface area contributed by atoms with Gasteiger partial charge in [0.2, 0.25) is 0 Å². The monoisotopic (exact) mass is 220 g/mol. The van der Waals surface area contributed by atoms with Gasteiger partial charge >= 0.3 is 0 Å². The van der Waals surface area contributed by atoms with Crippen LogP contribution in [0.3, 0.4) is 0 Å². The molecule has 2 heteroatoms. The molecule has 1 fully saturated rings. The lowest BCUT2D eigenvalue weighted by Crippen LogP contribution is -2.21. The quantitative estimate of drug-likeness (QED) is 0.843. The first-order valence-corrected chi connectivity index (χ1v) is 6.12. The summed E-state index contributed by atoms with van der Waals surface area (Å²) in [5.74, 6) is 1.26. The molecule has 0 amide bonds. The maximum absolute atomic E-state index is 10.3. The van der Waals surface area contributed by atoms with E-state index in [1.54, 1.807) is 0 Å². The van der Waals surface area contributed by atoms with Gasteiger partial charge in [-0.25, -0.2) is 0 Å². The Morgan fingerprint density at radius 3 is 2.50 bits per heavy atom. The van der Waals surface area contributed by atoms with Gasteiger partial charge in [0.25, 0.3) is 0 Å². The zero-order valence-electron chi connectivity index (χ0n) is 10.0. The number of ether oxygens (including phenoxy) is 1. The molecule has 1 aromatic rings. The van der Waals surface area contributed by atoms with Crippen LogP contribution in [0, 0.1) is 5.92 Å². The molecule has 2 rings (SSSR count). The van der Waals surface area contributed by atoms with Crippen LogP contribution in [0.15, 0.2) is 24.3 Å². The third kappa shape index (κ3) is 2.38. The van der Waals surface area contributed by atoms with E-state index in [2.05, 4.69) is 0 Å². The molecule has 16 heavy (non-hydrogen) atoms. The molecule has 0 saturated heterocycles. The second kappa shape index (κ2) is 4.88. The number of aliphatic hydroxyl groups excluding tert-OH is 1. The van der Waals surface area contributed by atoms with Gasteiger partial charge in [0.05, 0.1) is 12.2 Å². The van der Waals surface area contributed by atoms with Crippen molar-refractivity contribution in [3.05, 3.63) is 29.8 Å². The number of hydrogen-bond donors (Lipinski definition) is 1. The molecule has 0 bridgehead atoms. The van der Waals surface area contributed by atoms with Gasteiger partial charge in [-0.2, -0.15) is 0 Å². The Labute approximate surface area is 97.3 Å². The van der Waals surface area contributed by atoms with E-state index in [0.29, 0.717) is 5.92 Å². The minimum Gasteiger partial charge on any atom is -0.491 e. The Bertz CT molecular complexity index is 342. The molecule has 0 radical (unpaired) electrons. The van der Waals surface area contributed by atoms with Crippen LogP contribution in [0.4, 0.5) is 0 Å². The van der Waals surface area contributed by atoms with Crippen molar-refractivity contribution in [3.8, 4) is 5.75 Å². The Morgan fingerprint density at radius 2 is 1.94 bits per heavy atom. The molecule has 2 nitrogen and oxygen atoms in total. The van der Waals surface area contributed by atoms with Gasteiger partial charge < -0.3 is 9.84 Å². The lowest BCUT2D eigenvalue weighted by Gasteiger charge is -2.31. The van der Waals surface area contributed by atoms with E-state index in [0.717, 1.165) is 24.2 Å². The van der Waals surface area contributed by atoms with Crippen molar-refractivity contribution < 1.29 is 9.84 Å². The Hall–Kier alpha value is -1.02. The zero-order valence-corrected chi connectivity index (χ0v) is 10.0. The molecular weight excluding hydrogens is 200 g/mol. The maximum atomic E-state index is 10.3. The minimum atomic E-state index is -0.358. The van der Waals surface area contributed by atoms with Crippen LogP contribution in [-0.4, -0.2) is 11.2 Å². The Morgan fingerprint density at radius 1 is 1.25 bits per heavy atom. The molecule has 1 aromatic carbocycles. The first-order valence-electron chi connectivity index (χ1n) is 6.12. The summed E-state index contributed by atoms with van der Waals surface area (Å²) in [7, 11) is 0. The summed E-state index contributed by atoms with van der Waals surface area (Å²) < 4.78 is 5.73. The number of aliphatic hydroxyl groups is 1. The van der Waals surface area contributed by atoms with Crippen LogP contribution >= 0.6 is 0 Å². The lowest BCUT2D eigenvalue weighted by atomic mass is 9.78. The van der Waals surface area contributed by atoms with Crippen LogP contribution in [0.25, 0.3) is 0 Å². The largest absolute Gasteiger partial charge is 0.491 e. The van der Waals surface area contributed by atoms with E-state index in [9.17, 15) is 5.11 Å². The van der Waals surface area contributed by atoms with Gasteiger partial charge in [-0.15, -0.1) is 0 Å². The number of benzene rings is 1. The van der Waals surface area contributed by atoms with Crippen LogP contribution in [0.1, 0.15) is 44.8 Å². The van der Waals surface area contributed by atoms with Gasteiger partial charge in [0.15, 0.2) is 0 Å². The SMILES string of the molecule is CC(C)Oc1ccccc1C(O)C1CCC1. The molecule has 1 N–H and O–H groups in total. The first-order chi connectivity index (χ1) is 7.68. The van der Waals surface area contributed by atoms with Gasteiger partial charge in [-0.1, -0.05) is 24.6 Å². The van der Waals surface area contributed by atoms with Crippen molar-refractivity contribution >= 4 is 0 Å². The van der Waals surface area contributed by atoms with E-state index in [1.165, 1.54) is 6.42 Å². The van der Waals surface area contributed by atoms with Crippen molar-refractivity contribution in [1.82, 2.24) is 0 Å². The normalized spacial score (nSPS) is 18.2. The highest BCUT2D eigenvalue weighted by molar-refractivity contribution is 5.35. The molecule has 0 spiro atoms. The van der Waals surface area contributed by atoms with Gasteiger partial charge in [0, 0.05) is 5.56 Å². The summed E-state index contributed by atoms with van der Waals surface area (Å²) >= 11 is 0. The highest BCUT2D eigenvalue weighted by Crippen LogP contribution is 2.40. The first kappa shape index (κ1) is 11.5. The fourth-order valence-corrected chi connectivity index (χ4v) is 2.10. The van der Waals surface area contributed by atoms with E-state index in [4.69, 9.17) is 4.74 Å². The second-order valence-electron chi connectivity index (χ2n) is 4.84. The molecule has 0 aliphatic heterocycles. The molecule has 0 aromatic heterocycles. The van der Waals surface area contributed by atoms with Gasteiger partial charge in [-0.05, 0) is 38.7 Å². The summed E-state index contributed by atoms with van der Waals surface area (Å²) in [4.78, 5) is 0. The fraction of sp³-hybridized carbons (Fsp3) is 0.571. The van der Waals surface area contributed by atoms with Crippen LogP contribution < -0.4 is 4.74 Å². The number of rotatable bonds is 4. The van der Waals surface area contributed by atoms with Gasteiger partial charge in [0.1, 0.15) is 5.75 Å². The topological polar surface area (TPSA) is 29.5 Å². The highest BCUT2D eigenvalue weighted by atomic mass is 16.5. The Balaban J connectivity index is 2.17. The smallest absolute Gasteiger partial charge is 0.125 e. The predicted molar refractivity (Wildman–Crippen MR) is 64.5 cm³/mol. The summed E-state index contributed by atoms with van der Waals surface area (Å²) in [6, 6.07) is 7.83. The van der Waals surface area contributed by atoms with Crippen LogP contribution in [-0.2, 0) is 0 Å². The number of hydrogen-bond acceptors (Lipinski definition) is 2. The van der Waals surface area contributed by atoms with Gasteiger partial charge in [-0.3, -0.25) is 0 Å². The molecule has 0 heterocycles. The second-order valence-corrected chi connectivity index (χ2v) is 4.84. The lowest BCUT2D eigenvalue weighted by molar-refractivity contribution is 0.0585. The van der Waals surface area contributed by atoms with Crippen molar-refractivity contribution in [2.24, 2.45) is 5.92 Å². The molecule has 1 atom stereocenters. The average Bonchev–Trinajstić information content (AvgIpc) is 2.14. The van der Waals surface area contributed by atoms with Crippen LogP contribution in [0.5, 0.6) is 5.75 Å². The fourth-order valence-electron chi connectivity index (χ4n) is 2.10. The van der Waals surface area contributed by atoms with E-state index >= 15 is 0 Å². The molecule has 1 aliphatic rings. The van der Waals surface area contributed by atoms with E-state index < -0.39 is 0 Å². The third-order valence-corrected chi connectivity index (χ3v) is 3.20. The summed E-state index contributed by atoms with van der Waals surface area (Å²) in [5, 5.41) is 10.3. The summed E-state index contributed by atoms with van der Waals surface area (Å²) in [6.07, 6.45) is 3.31. The summed E-state index contributed by atoms with van der Waals surface area (Å²) in [6.45, 7) is 4.01. The highest BCUT2D eigenvalue weighted by Gasteiger charge is 2.28. The van der Waals surface area contributed by atoms with Crippen molar-refractivity contribution in [2.45, 2.75) is 45.3 Å². The van der Waals surface area contributed by atoms with Crippen molar-refractivity contribution in [1.29, 1.82) is 0 Å². The standard InChI is InChI=1S/C14H20O2/c1-10(2)16-13-9-4-3-8-12(13)14(15)11-6-5-7-11/h3-4,8-11,14-15H,5-7H2,1-2H3. The van der Waals surface area contributed by atoms with E-state index in [-0.39, 0.29) is 12.2 Å². The predicted octanol–water partition coefficient (Wildman–Crippen LogP) is 3.31. The van der Waals surface area contributed by atoms with Crippen molar-refractivity contribution in [3.63, 3.8) is 0 Å². The maximum Gasteiger partial charge on any atom is 0.125 e. The number of para-hydroxylation sites is 1. The Kier molecular flexibility index (Phi) is 3.49. The molecule has 88 valence electrons.